The van der Waals surface area contributed by atoms with Crippen molar-refractivity contribution in [2.24, 2.45) is 0 Å². The van der Waals surface area contributed by atoms with Gasteiger partial charge in [0.05, 0.1) is 12.3 Å². The van der Waals surface area contributed by atoms with Crippen LogP contribution in [0, 0.1) is 6.92 Å². The largest absolute Gasteiger partial charge is 0.302 e. The number of carbonyl (C=O) groups excluding carboxylic acids is 1. The summed E-state index contributed by atoms with van der Waals surface area (Å²) in [4.78, 5) is 11.0. The lowest BCUT2D eigenvalue weighted by atomic mass is 10.2. The molecule has 0 spiro atoms. The van der Waals surface area contributed by atoms with Crippen LogP contribution in [0.5, 0.6) is 0 Å². The third kappa shape index (κ3) is 3.20. The van der Waals surface area contributed by atoms with Crippen molar-refractivity contribution in [1.29, 1.82) is 0 Å². The Morgan fingerprint density at radius 2 is 2.00 bits per heavy atom. The van der Waals surface area contributed by atoms with Crippen LogP contribution in [0.1, 0.15) is 18.3 Å². The van der Waals surface area contributed by atoms with Crippen molar-refractivity contribution in [3.05, 3.63) is 41.7 Å². The van der Waals surface area contributed by atoms with Crippen molar-refractivity contribution in [2.75, 3.05) is 5.75 Å². The van der Waals surface area contributed by atoms with E-state index in [0.717, 1.165) is 17.5 Å². The molecule has 0 amide bonds. The number of aryl methyl sites for hydroxylation is 1. The maximum Gasteiger partial charge on any atom is 0.191 e. The van der Waals surface area contributed by atoms with E-state index in [0.29, 0.717) is 5.75 Å². The number of ketones is 1. The number of benzene rings is 1. The SMILES string of the molecule is CC(=O)CSc1nnc(C)n1Cc1ccccc1. The highest BCUT2D eigenvalue weighted by molar-refractivity contribution is 7.99. The lowest BCUT2D eigenvalue weighted by molar-refractivity contribution is -0.114. The Bertz CT molecular complexity index is 536. The van der Waals surface area contributed by atoms with Crippen molar-refractivity contribution in [3.63, 3.8) is 0 Å². The molecule has 1 heterocycles. The van der Waals surface area contributed by atoms with Crippen LogP contribution in [-0.4, -0.2) is 26.3 Å². The van der Waals surface area contributed by atoms with E-state index in [1.807, 2.05) is 29.7 Å². The van der Waals surface area contributed by atoms with Gasteiger partial charge in [0, 0.05) is 0 Å². The van der Waals surface area contributed by atoms with E-state index in [9.17, 15) is 4.79 Å². The van der Waals surface area contributed by atoms with Gasteiger partial charge in [-0.05, 0) is 19.4 Å². The zero-order chi connectivity index (χ0) is 13.0. The van der Waals surface area contributed by atoms with Gasteiger partial charge < -0.3 is 4.57 Å². The molecule has 0 aliphatic heterocycles. The Morgan fingerprint density at radius 1 is 1.28 bits per heavy atom. The van der Waals surface area contributed by atoms with E-state index >= 15 is 0 Å². The third-order valence-electron chi connectivity index (χ3n) is 2.49. The topological polar surface area (TPSA) is 47.8 Å². The van der Waals surface area contributed by atoms with Gasteiger partial charge in [-0.25, -0.2) is 0 Å². The Hall–Kier alpha value is -1.62. The number of hydrogen-bond acceptors (Lipinski definition) is 4. The monoisotopic (exact) mass is 261 g/mol. The maximum absolute atomic E-state index is 11.0. The van der Waals surface area contributed by atoms with Crippen LogP contribution >= 0.6 is 11.8 Å². The van der Waals surface area contributed by atoms with Crippen molar-refractivity contribution in [1.82, 2.24) is 14.8 Å². The van der Waals surface area contributed by atoms with Gasteiger partial charge in [0.15, 0.2) is 5.16 Å². The van der Waals surface area contributed by atoms with Crippen molar-refractivity contribution in [3.8, 4) is 0 Å². The first-order chi connectivity index (χ1) is 8.66. The molecule has 2 rings (SSSR count). The minimum atomic E-state index is 0.145. The summed E-state index contributed by atoms with van der Waals surface area (Å²) in [6.07, 6.45) is 0. The Morgan fingerprint density at radius 3 is 2.67 bits per heavy atom. The molecule has 1 aromatic heterocycles. The van der Waals surface area contributed by atoms with Gasteiger partial charge in [0.25, 0.3) is 0 Å². The summed E-state index contributed by atoms with van der Waals surface area (Å²) in [7, 11) is 0. The highest BCUT2D eigenvalue weighted by Gasteiger charge is 2.10. The molecule has 0 atom stereocenters. The molecule has 94 valence electrons. The van der Waals surface area contributed by atoms with Gasteiger partial charge in [0.2, 0.25) is 0 Å². The summed E-state index contributed by atoms with van der Waals surface area (Å²) < 4.78 is 2.03. The number of nitrogens with zero attached hydrogens (tertiary/aromatic N) is 3. The van der Waals surface area contributed by atoms with Crippen molar-refractivity contribution >= 4 is 17.5 Å². The van der Waals surface area contributed by atoms with Gasteiger partial charge in [-0.15, -0.1) is 10.2 Å². The minimum Gasteiger partial charge on any atom is -0.302 e. The normalized spacial score (nSPS) is 10.6. The molecule has 0 bridgehead atoms. The minimum absolute atomic E-state index is 0.145. The maximum atomic E-state index is 11.0. The lowest BCUT2D eigenvalue weighted by Gasteiger charge is -2.07. The van der Waals surface area contributed by atoms with Gasteiger partial charge in [0.1, 0.15) is 11.6 Å². The lowest BCUT2D eigenvalue weighted by Crippen LogP contribution is -2.05. The van der Waals surface area contributed by atoms with E-state index in [-0.39, 0.29) is 5.78 Å². The van der Waals surface area contributed by atoms with Gasteiger partial charge in [-0.3, -0.25) is 4.79 Å². The highest BCUT2D eigenvalue weighted by atomic mass is 32.2. The summed E-state index contributed by atoms with van der Waals surface area (Å²) in [6, 6.07) is 10.2. The molecule has 0 radical (unpaired) electrons. The molecule has 18 heavy (non-hydrogen) atoms. The van der Waals surface area contributed by atoms with Crippen LogP contribution in [0.2, 0.25) is 0 Å². The Labute approximate surface area is 110 Å². The molecule has 0 saturated heterocycles. The molecule has 5 heteroatoms. The Balaban J connectivity index is 2.16. The molecule has 2 aromatic rings. The third-order valence-corrected chi connectivity index (χ3v) is 3.60. The van der Waals surface area contributed by atoms with Crippen LogP contribution in [0.15, 0.2) is 35.5 Å². The first-order valence-corrected chi connectivity index (χ1v) is 6.71. The number of carbonyl (C=O) groups is 1. The second-order valence-electron chi connectivity index (χ2n) is 4.09. The van der Waals surface area contributed by atoms with Gasteiger partial charge in [-0.2, -0.15) is 0 Å². The number of thioether (sulfide) groups is 1. The zero-order valence-electron chi connectivity index (χ0n) is 10.5. The molecule has 4 nitrogen and oxygen atoms in total. The summed E-state index contributed by atoms with van der Waals surface area (Å²) >= 11 is 1.44. The van der Waals surface area contributed by atoms with E-state index in [1.54, 1.807) is 6.92 Å². The molecular formula is C13H15N3OS. The van der Waals surface area contributed by atoms with E-state index in [2.05, 4.69) is 22.3 Å². The molecule has 0 saturated carbocycles. The second-order valence-corrected chi connectivity index (χ2v) is 5.03. The summed E-state index contributed by atoms with van der Waals surface area (Å²) in [5, 5.41) is 8.98. The molecule has 0 fully saturated rings. The van der Waals surface area contributed by atoms with Crippen molar-refractivity contribution in [2.45, 2.75) is 25.5 Å². The van der Waals surface area contributed by atoms with Crippen LogP contribution in [0.3, 0.4) is 0 Å². The molecule has 0 N–H and O–H groups in total. The Kier molecular flexibility index (Phi) is 4.15. The summed E-state index contributed by atoms with van der Waals surface area (Å²) in [5.74, 6) is 1.45. The quantitative estimate of drug-likeness (QED) is 0.775. The number of rotatable bonds is 5. The van der Waals surface area contributed by atoms with E-state index in [4.69, 9.17) is 0 Å². The second kappa shape index (κ2) is 5.82. The standard InChI is InChI=1S/C13H15N3OS/c1-10(17)9-18-13-15-14-11(2)16(13)8-12-6-4-3-5-7-12/h3-7H,8-9H2,1-2H3. The smallest absolute Gasteiger partial charge is 0.191 e. The van der Waals surface area contributed by atoms with Crippen LogP contribution in [0.25, 0.3) is 0 Å². The van der Waals surface area contributed by atoms with Crippen LogP contribution < -0.4 is 0 Å². The highest BCUT2D eigenvalue weighted by Crippen LogP contribution is 2.18. The fourth-order valence-electron chi connectivity index (χ4n) is 1.58. The van der Waals surface area contributed by atoms with E-state index in [1.165, 1.54) is 17.3 Å². The summed E-state index contributed by atoms with van der Waals surface area (Å²) in [6.45, 7) is 4.24. The number of Topliss-reactive ketones (excluding diaryl/α,β-unsaturated/α-hetero) is 1. The first-order valence-electron chi connectivity index (χ1n) is 5.73. The molecule has 0 aliphatic carbocycles. The zero-order valence-corrected chi connectivity index (χ0v) is 11.3. The predicted octanol–water partition coefficient (Wildman–Crippen LogP) is 2.32. The first kappa shape index (κ1) is 12.8. The van der Waals surface area contributed by atoms with Crippen molar-refractivity contribution < 1.29 is 4.79 Å². The number of aromatic nitrogens is 3. The number of hydrogen-bond donors (Lipinski definition) is 0. The van der Waals surface area contributed by atoms with Crippen LogP contribution in [0.4, 0.5) is 0 Å². The summed E-state index contributed by atoms with van der Waals surface area (Å²) in [5.41, 5.74) is 1.20. The molecule has 0 aliphatic rings. The molecular weight excluding hydrogens is 246 g/mol. The molecule has 0 unspecified atom stereocenters. The van der Waals surface area contributed by atoms with E-state index < -0.39 is 0 Å². The predicted molar refractivity (Wildman–Crippen MR) is 71.7 cm³/mol. The van der Waals surface area contributed by atoms with Gasteiger partial charge in [-0.1, -0.05) is 42.1 Å². The van der Waals surface area contributed by atoms with Crippen LogP contribution in [-0.2, 0) is 11.3 Å². The average molecular weight is 261 g/mol. The fraction of sp³-hybridized carbons (Fsp3) is 0.308. The molecule has 1 aromatic carbocycles. The fourth-order valence-corrected chi connectivity index (χ4v) is 2.37. The van der Waals surface area contributed by atoms with Gasteiger partial charge >= 0.3 is 0 Å². The average Bonchev–Trinajstić information content (AvgIpc) is 2.70.